The predicted octanol–water partition coefficient (Wildman–Crippen LogP) is 5.76. The first-order chi connectivity index (χ1) is 17.5. The van der Waals surface area contributed by atoms with E-state index in [9.17, 15) is 8.42 Å². The molecule has 0 radical (unpaired) electrons. The van der Waals surface area contributed by atoms with Gasteiger partial charge in [0, 0.05) is 0 Å². The Hall–Kier alpha value is -2.90. The lowest BCUT2D eigenvalue weighted by Crippen LogP contribution is -2.42. The summed E-state index contributed by atoms with van der Waals surface area (Å²) in [4.78, 5) is 0.290. The Morgan fingerprint density at radius 3 is 2.05 bits per heavy atom. The Morgan fingerprint density at radius 2 is 1.46 bits per heavy atom. The van der Waals surface area contributed by atoms with Gasteiger partial charge in [0.05, 0.1) is 10.9 Å². The average Bonchev–Trinajstić information content (AvgIpc) is 2.99. The monoisotopic (exact) mass is 534 g/mol. The number of hydrogen-bond acceptors (Lipinski definition) is 4. The highest BCUT2D eigenvalue weighted by Gasteiger charge is 2.34. The summed E-state index contributed by atoms with van der Waals surface area (Å²) in [6.07, 6.45) is 3.46. The maximum absolute atomic E-state index is 13.8. The van der Waals surface area contributed by atoms with Crippen LogP contribution in [-0.2, 0) is 29.3 Å². The maximum atomic E-state index is 13.8. The van der Waals surface area contributed by atoms with Gasteiger partial charge in [0.25, 0.3) is 10.0 Å². The van der Waals surface area contributed by atoms with E-state index in [2.05, 4.69) is 48.2 Å². The number of rotatable bonds is 3. The van der Waals surface area contributed by atoms with Gasteiger partial charge in [-0.25, -0.2) is 8.42 Å². The lowest BCUT2D eigenvalue weighted by Gasteiger charge is -2.35. The summed E-state index contributed by atoms with van der Waals surface area (Å²) in [6, 6.07) is 16.3. The first kappa shape index (κ1) is 25.7. The van der Waals surface area contributed by atoms with Crippen molar-refractivity contribution in [2.45, 2.75) is 76.8 Å². The van der Waals surface area contributed by atoms with E-state index in [4.69, 9.17) is 17.0 Å². The smallest absolute Gasteiger partial charge is 0.264 e. The summed E-state index contributed by atoms with van der Waals surface area (Å²) in [5.41, 5.74) is 7.68. The second kappa shape index (κ2) is 9.44. The van der Waals surface area contributed by atoms with Crippen LogP contribution in [0.3, 0.4) is 0 Å². The fourth-order valence-corrected chi connectivity index (χ4v) is 7.70. The van der Waals surface area contributed by atoms with E-state index in [0.29, 0.717) is 5.56 Å². The molecule has 5 nitrogen and oxygen atoms in total. The molecule has 0 spiro atoms. The average molecular weight is 535 g/mol. The van der Waals surface area contributed by atoms with Gasteiger partial charge >= 0.3 is 0 Å². The Bertz CT molecular complexity index is 1460. The number of hydrogen-bond donors (Lipinski definition) is 2. The highest BCUT2D eigenvalue weighted by atomic mass is 32.2. The minimum atomic E-state index is -3.93. The van der Waals surface area contributed by atoms with Gasteiger partial charge in [-0.05, 0) is 117 Å². The highest BCUT2D eigenvalue weighted by Crippen LogP contribution is 2.42. The van der Waals surface area contributed by atoms with Gasteiger partial charge in [-0.15, -0.1) is 0 Å². The van der Waals surface area contributed by atoms with Gasteiger partial charge in [0.1, 0.15) is 11.4 Å². The largest absolute Gasteiger partial charge is 0.487 e. The molecule has 2 aliphatic rings. The third kappa shape index (κ3) is 4.75. The molecule has 2 N–H and O–H groups in total. The molecule has 37 heavy (non-hydrogen) atoms. The Balaban J connectivity index is 1.48. The van der Waals surface area contributed by atoms with Crippen molar-refractivity contribution in [1.82, 2.24) is 10.0 Å². The van der Waals surface area contributed by atoms with Crippen LogP contribution in [0.5, 0.6) is 5.75 Å². The van der Waals surface area contributed by atoms with Gasteiger partial charge in [-0.1, -0.05) is 48.5 Å². The number of benzene rings is 3. The first-order valence-corrected chi connectivity index (χ1v) is 14.7. The zero-order chi connectivity index (χ0) is 26.5. The van der Waals surface area contributed by atoms with Crippen molar-refractivity contribution in [3.8, 4) is 5.75 Å². The van der Waals surface area contributed by atoms with Crippen molar-refractivity contribution in [2.24, 2.45) is 0 Å². The maximum Gasteiger partial charge on any atom is 0.264 e. The molecular weight excluding hydrogens is 500 g/mol. The van der Waals surface area contributed by atoms with Crippen molar-refractivity contribution in [2.75, 3.05) is 0 Å². The fraction of sp³-hybridized carbons (Fsp3) is 0.367. The zero-order valence-corrected chi connectivity index (χ0v) is 23.7. The predicted molar refractivity (Wildman–Crippen MR) is 152 cm³/mol. The molecule has 0 unspecified atom stereocenters. The van der Waals surface area contributed by atoms with Gasteiger partial charge in [0.15, 0.2) is 5.11 Å². The van der Waals surface area contributed by atoms with Gasteiger partial charge < -0.3 is 10.1 Å². The normalized spacial score (nSPS) is 16.5. The van der Waals surface area contributed by atoms with Crippen LogP contribution in [0.15, 0.2) is 53.4 Å². The molecule has 0 amide bonds. The van der Waals surface area contributed by atoms with Crippen LogP contribution >= 0.6 is 12.2 Å². The van der Waals surface area contributed by atoms with E-state index >= 15 is 0 Å². The molecule has 1 aliphatic heterocycles. The van der Waals surface area contributed by atoms with Crippen LogP contribution in [0.25, 0.3) is 0 Å². The van der Waals surface area contributed by atoms with Crippen LogP contribution < -0.4 is 14.8 Å². The van der Waals surface area contributed by atoms with Crippen molar-refractivity contribution >= 4 is 27.4 Å². The SMILES string of the molecule is Cc1c(C)c(S(=O)(=O)NC(=S)NC2c3ccccc3CCc3ccccc32)c(C)c2c1OC(C)(C)CC2. The third-order valence-corrected chi connectivity index (χ3v) is 9.81. The Morgan fingerprint density at radius 1 is 0.892 bits per heavy atom. The van der Waals surface area contributed by atoms with Crippen LogP contribution in [-0.4, -0.2) is 19.1 Å². The summed E-state index contributed by atoms with van der Waals surface area (Å²) < 4.78 is 36.5. The zero-order valence-electron chi connectivity index (χ0n) is 22.1. The quantitative estimate of drug-likeness (QED) is 0.419. The van der Waals surface area contributed by atoms with E-state index in [1.165, 1.54) is 11.1 Å². The Labute approximate surface area is 225 Å². The number of nitrogens with one attached hydrogen (secondary N) is 2. The van der Waals surface area contributed by atoms with Gasteiger partial charge in [-0.3, -0.25) is 4.72 Å². The second-order valence-electron chi connectivity index (χ2n) is 10.8. The van der Waals surface area contributed by atoms with E-state index in [-0.39, 0.29) is 21.7 Å². The lowest BCUT2D eigenvalue weighted by atomic mass is 9.88. The molecule has 7 heteroatoms. The summed E-state index contributed by atoms with van der Waals surface area (Å²) in [5.74, 6) is 0.817. The molecule has 5 rings (SSSR count). The minimum absolute atomic E-state index is 0.0862. The van der Waals surface area contributed by atoms with Crippen LogP contribution in [0.4, 0.5) is 0 Å². The van der Waals surface area contributed by atoms with Gasteiger partial charge in [0.2, 0.25) is 0 Å². The molecule has 1 aliphatic carbocycles. The van der Waals surface area contributed by atoms with Crippen molar-refractivity contribution in [3.63, 3.8) is 0 Å². The number of ether oxygens (including phenoxy) is 1. The topological polar surface area (TPSA) is 67.4 Å². The number of thiocarbonyl (C=S) groups is 1. The molecule has 3 aromatic rings. The molecule has 0 fully saturated rings. The summed E-state index contributed by atoms with van der Waals surface area (Å²) in [7, 11) is -3.93. The molecule has 1 heterocycles. The summed E-state index contributed by atoms with van der Waals surface area (Å²) in [5, 5.41) is 3.43. The molecule has 194 valence electrons. The molecule has 0 aromatic heterocycles. The fourth-order valence-electron chi connectivity index (χ4n) is 5.76. The van der Waals surface area contributed by atoms with Crippen molar-refractivity contribution in [1.29, 1.82) is 0 Å². The van der Waals surface area contributed by atoms with Crippen LogP contribution in [0.1, 0.15) is 70.8 Å². The standard InChI is InChI=1S/C30H34N2O3S2/c1-18-19(2)28(20(3)23-16-17-30(4,5)35-27(18)23)37(33,34)32-29(36)31-26-24-12-8-6-10-21(24)14-15-22-11-7-9-13-25(22)26/h6-13,26H,14-17H2,1-5H3,(H2,31,32,36). The highest BCUT2D eigenvalue weighted by molar-refractivity contribution is 7.92. The molecule has 0 saturated carbocycles. The van der Waals surface area contributed by atoms with Crippen LogP contribution in [0, 0.1) is 20.8 Å². The molecule has 3 aromatic carbocycles. The molecule has 0 bridgehead atoms. The van der Waals surface area contributed by atoms with Crippen LogP contribution in [0.2, 0.25) is 0 Å². The van der Waals surface area contributed by atoms with Crippen molar-refractivity contribution < 1.29 is 13.2 Å². The number of aryl methyl sites for hydroxylation is 2. The molecule has 0 atom stereocenters. The second-order valence-corrected chi connectivity index (χ2v) is 12.8. The summed E-state index contributed by atoms with van der Waals surface area (Å²) in [6.45, 7) is 9.79. The number of fused-ring (bicyclic) bond motifs is 3. The van der Waals surface area contributed by atoms with Crippen molar-refractivity contribution in [3.05, 3.63) is 93.0 Å². The summed E-state index contributed by atoms with van der Waals surface area (Å²) >= 11 is 5.63. The van der Waals surface area contributed by atoms with Gasteiger partial charge in [-0.2, -0.15) is 0 Å². The Kier molecular flexibility index (Phi) is 6.57. The van der Waals surface area contributed by atoms with E-state index < -0.39 is 10.0 Å². The number of sulfonamides is 1. The minimum Gasteiger partial charge on any atom is -0.487 e. The third-order valence-electron chi connectivity index (χ3n) is 7.83. The first-order valence-electron chi connectivity index (χ1n) is 12.8. The van der Waals surface area contributed by atoms with E-state index in [0.717, 1.165) is 59.3 Å². The van der Waals surface area contributed by atoms with E-state index in [1.54, 1.807) is 0 Å². The lowest BCUT2D eigenvalue weighted by molar-refractivity contribution is 0.0832. The molecule has 0 saturated heterocycles. The van der Waals surface area contributed by atoms with E-state index in [1.807, 2.05) is 45.0 Å². The molecular formula is C30H34N2O3S2.